The molecule has 1 aliphatic rings. The highest BCUT2D eigenvalue weighted by Crippen LogP contribution is 2.22. The van der Waals surface area contributed by atoms with Crippen LogP contribution >= 0.6 is 11.6 Å². The number of carbonyl (C=O) groups is 2. The number of halogens is 1. The van der Waals surface area contributed by atoms with Crippen LogP contribution in [0, 0.1) is 0 Å². The number of anilines is 1. The monoisotopic (exact) mass is 376 g/mol. The number of hydrogen-bond donors (Lipinski definition) is 3. The fourth-order valence-corrected chi connectivity index (χ4v) is 3.06. The van der Waals surface area contributed by atoms with Crippen LogP contribution in [0.4, 0.5) is 5.69 Å². The van der Waals surface area contributed by atoms with E-state index in [0.717, 1.165) is 25.9 Å². The van der Waals surface area contributed by atoms with Crippen molar-refractivity contribution >= 4 is 29.1 Å². The van der Waals surface area contributed by atoms with Gasteiger partial charge in [-0.05, 0) is 51.1 Å². The fraction of sp³-hybridized carbons (Fsp3) is 0.412. The zero-order chi connectivity index (χ0) is 18.5. The van der Waals surface area contributed by atoms with Crippen molar-refractivity contribution in [3.05, 3.63) is 40.7 Å². The van der Waals surface area contributed by atoms with Gasteiger partial charge in [0, 0.05) is 11.6 Å². The number of piperidine rings is 1. The van der Waals surface area contributed by atoms with Crippen LogP contribution in [0.2, 0.25) is 5.02 Å². The smallest absolute Gasteiger partial charge is 0.277 e. The van der Waals surface area contributed by atoms with E-state index in [4.69, 9.17) is 11.6 Å². The maximum atomic E-state index is 12.5. The Kier molecular flexibility index (Phi) is 5.85. The molecule has 26 heavy (non-hydrogen) atoms. The Morgan fingerprint density at radius 3 is 2.81 bits per heavy atom. The van der Waals surface area contributed by atoms with Crippen molar-refractivity contribution in [1.29, 1.82) is 0 Å². The van der Waals surface area contributed by atoms with Crippen LogP contribution in [0.5, 0.6) is 0 Å². The second-order valence-corrected chi connectivity index (χ2v) is 6.50. The van der Waals surface area contributed by atoms with Gasteiger partial charge < -0.3 is 16.0 Å². The van der Waals surface area contributed by atoms with Gasteiger partial charge in [-0.15, -0.1) is 5.10 Å². The van der Waals surface area contributed by atoms with Gasteiger partial charge in [-0.25, -0.2) is 4.68 Å². The van der Waals surface area contributed by atoms with Gasteiger partial charge in [0.05, 0.1) is 23.5 Å². The Balaban J connectivity index is 1.76. The molecule has 3 N–H and O–H groups in total. The van der Waals surface area contributed by atoms with Crippen molar-refractivity contribution in [3.8, 4) is 0 Å². The Morgan fingerprint density at radius 1 is 1.31 bits per heavy atom. The molecule has 0 saturated carbocycles. The molecule has 1 saturated heterocycles. The summed E-state index contributed by atoms with van der Waals surface area (Å²) in [7, 11) is 0. The number of aromatic nitrogens is 3. The number of rotatable bonds is 5. The fourth-order valence-electron chi connectivity index (χ4n) is 2.89. The van der Waals surface area contributed by atoms with Gasteiger partial charge in [0.15, 0.2) is 5.69 Å². The van der Waals surface area contributed by atoms with Gasteiger partial charge in [0.2, 0.25) is 0 Å². The van der Waals surface area contributed by atoms with Gasteiger partial charge in [-0.3, -0.25) is 9.59 Å². The quantitative estimate of drug-likeness (QED) is 0.739. The third-order valence-corrected chi connectivity index (χ3v) is 4.47. The van der Waals surface area contributed by atoms with E-state index in [2.05, 4.69) is 26.3 Å². The maximum absolute atomic E-state index is 12.5. The first kappa shape index (κ1) is 18.3. The van der Waals surface area contributed by atoms with Crippen LogP contribution in [-0.2, 0) is 0 Å². The summed E-state index contributed by atoms with van der Waals surface area (Å²) >= 11 is 5.98. The van der Waals surface area contributed by atoms with Gasteiger partial charge in [-0.2, -0.15) is 0 Å². The Bertz CT molecular complexity index is 800. The van der Waals surface area contributed by atoms with Crippen LogP contribution in [0.1, 0.15) is 46.7 Å². The lowest BCUT2D eigenvalue weighted by Crippen LogP contribution is -2.29. The van der Waals surface area contributed by atoms with E-state index in [-0.39, 0.29) is 17.6 Å². The lowest BCUT2D eigenvalue weighted by molar-refractivity contribution is 0.0956. The molecule has 0 atom stereocenters. The summed E-state index contributed by atoms with van der Waals surface area (Å²) in [6, 6.07) is 4.98. The van der Waals surface area contributed by atoms with E-state index in [1.807, 2.05) is 6.92 Å². The van der Waals surface area contributed by atoms with Crippen LogP contribution in [-0.4, -0.2) is 46.4 Å². The first-order valence-electron chi connectivity index (χ1n) is 8.60. The molecule has 0 unspecified atom stereocenters. The number of nitrogens with zero attached hydrogens (tertiary/aromatic N) is 3. The average molecular weight is 377 g/mol. The lowest BCUT2D eigenvalue weighted by atomic mass is 10.1. The molecule has 3 rings (SSSR count). The highest BCUT2D eigenvalue weighted by atomic mass is 35.5. The number of hydrogen-bond acceptors (Lipinski definition) is 5. The van der Waals surface area contributed by atoms with Gasteiger partial charge >= 0.3 is 0 Å². The third kappa shape index (κ3) is 4.20. The van der Waals surface area contributed by atoms with Gasteiger partial charge in [0.25, 0.3) is 11.8 Å². The normalized spacial score (nSPS) is 14.8. The van der Waals surface area contributed by atoms with Crippen molar-refractivity contribution in [2.45, 2.75) is 25.8 Å². The first-order valence-corrected chi connectivity index (χ1v) is 8.98. The van der Waals surface area contributed by atoms with Gasteiger partial charge in [-0.1, -0.05) is 16.8 Å². The molecule has 0 radical (unpaired) electrons. The molecule has 0 aliphatic carbocycles. The van der Waals surface area contributed by atoms with Crippen LogP contribution in [0.25, 0.3) is 0 Å². The Labute approximate surface area is 156 Å². The van der Waals surface area contributed by atoms with E-state index in [0.29, 0.717) is 22.8 Å². The number of carbonyl (C=O) groups excluding carboxylic acids is 2. The molecular weight excluding hydrogens is 356 g/mol. The third-order valence-electron chi connectivity index (χ3n) is 4.24. The lowest BCUT2D eigenvalue weighted by Gasteiger charge is -2.22. The Morgan fingerprint density at radius 2 is 2.08 bits per heavy atom. The zero-order valence-corrected chi connectivity index (χ0v) is 15.2. The summed E-state index contributed by atoms with van der Waals surface area (Å²) in [5.74, 6) is -0.721. The summed E-state index contributed by atoms with van der Waals surface area (Å²) in [6.07, 6.45) is 3.54. The molecule has 8 nitrogen and oxygen atoms in total. The second kappa shape index (κ2) is 8.29. The predicted molar refractivity (Wildman–Crippen MR) is 98.6 cm³/mol. The molecule has 1 aromatic heterocycles. The highest BCUT2D eigenvalue weighted by molar-refractivity contribution is 6.31. The zero-order valence-electron chi connectivity index (χ0n) is 14.5. The first-order chi connectivity index (χ1) is 12.6. The van der Waals surface area contributed by atoms with Crippen molar-refractivity contribution in [2.75, 3.05) is 25.0 Å². The van der Waals surface area contributed by atoms with E-state index < -0.39 is 5.91 Å². The maximum Gasteiger partial charge on any atom is 0.277 e. The summed E-state index contributed by atoms with van der Waals surface area (Å²) in [6.45, 7) is 4.14. The molecule has 138 valence electrons. The minimum Gasteiger partial charge on any atom is -0.352 e. The van der Waals surface area contributed by atoms with E-state index >= 15 is 0 Å². The topological polar surface area (TPSA) is 101 Å². The highest BCUT2D eigenvalue weighted by Gasteiger charge is 2.20. The molecule has 1 fully saturated rings. The second-order valence-electron chi connectivity index (χ2n) is 6.07. The van der Waals surface area contributed by atoms with E-state index in [1.54, 1.807) is 23.0 Å². The minimum absolute atomic E-state index is 0.209. The van der Waals surface area contributed by atoms with Crippen molar-refractivity contribution in [2.24, 2.45) is 0 Å². The van der Waals surface area contributed by atoms with E-state index in [1.165, 1.54) is 6.07 Å². The van der Waals surface area contributed by atoms with E-state index in [9.17, 15) is 9.59 Å². The molecule has 1 aliphatic heterocycles. The minimum atomic E-state index is -0.418. The van der Waals surface area contributed by atoms with Crippen molar-refractivity contribution in [3.63, 3.8) is 0 Å². The summed E-state index contributed by atoms with van der Waals surface area (Å²) < 4.78 is 1.74. The largest absolute Gasteiger partial charge is 0.352 e. The Hall–Kier alpha value is -2.45. The molecule has 2 heterocycles. The summed E-state index contributed by atoms with van der Waals surface area (Å²) in [5, 5.41) is 17.2. The standard InChI is InChI=1S/C17H21ClN6O2/c1-2-20-16(25)13-9-11(18)3-4-14(13)21-17(26)15-10-24(23-22-15)12-5-7-19-8-6-12/h3-4,9-10,12,19H,2,5-8H2,1H3,(H,20,25)(H,21,26). The van der Waals surface area contributed by atoms with Crippen molar-refractivity contribution < 1.29 is 9.59 Å². The molecule has 9 heteroatoms. The summed E-state index contributed by atoms with van der Waals surface area (Å²) in [4.78, 5) is 24.7. The molecule has 2 amide bonds. The number of nitrogens with one attached hydrogen (secondary N) is 3. The predicted octanol–water partition coefficient (Wildman–Crippen LogP) is 1.86. The molecule has 0 bridgehead atoms. The van der Waals surface area contributed by atoms with Crippen molar-refractivity contribution in [1.82, 2.24) is 25.6 Å². The van der Waals surface area contributed by atoms with Gasteiger partial charge in [0.1, 0.15) is 0 Å². The van der Waals surface area contributed by atoms with Crippen LogP contribution < -0.4 is 16.0 Å². The molecular formula is C17H21ClN6O2. The van der Waals surface area contributed by atoms with Crippen LogP contribution in [0.15, 0.2) is 24.4 Å². The SMILES string of the molecule is CCNC(=O)c1cc(Cl)ccc1NC(=O)c1cn(C2CCNCC2)nn1. The van der Waals surface area contributed by atoms with Crippen LogP contribution in [0.3, 0.4) is 0 Å². The molecule has 0 spiro atoms. The number of benzene rings is 1. The molecule has 2 aromatic rings. The number of amides is 2. The average Bonchev–Trinajstić information content (AvgIpc) is 3.14. The summed E-state index contributed by atoms with van der Waals surface area (Å²) in [5.41, 5.74) is 0.889. The molecule has 1 aromatic carbocycles.